The van der Waals surface area contributed by atoms with Gasteiger partial charge in [0.15, 0.2) is 0 Å². The van der Waals surface area contributed by atoms with E-state index >= 15 is 0 Å². The molecular formula is C35H22N4. The molecule has 0 amide bonds. The minimum absolute atomic E-state index is 0.831. The molecule has 0 atom stereocenters. The van der Waals surface area contributed by atoms with E-state index in [1.54, 1.807) is 6.20 Å². The first kappa shape index (κ1) is 21.7. The molecule has 0 bridgehead atoms. The van der Waals surface area contributed by atoms with Gasteiger partial charge in [-0.3, -0.25) is 4.98 Å². The number of para-hydroxylation sites is 3. The number of fused-ring (bicyclic) bond motifs is 5. The molecule has 8 rings (SSSR count). The Balaban J connectivity index is 1.33. The molecule has 3 heterocycles. The molecule has 4 heteroatoms. The maximum atomic E-state index is 5.05. The molecule has 0 N–H and O–H groups in total. The molecule has 0 aliphatic heterocycles. The smallest absolute Gasteiger partial charge is 0.0988 e. The maximum absolute atomic E-state index is 5.05. The minimum atomic E-state index is 0.831. The first-order valence-electron chi connectivity index (χ1n) is 13.0. The van der Waals surface area contributed by atoms with Gasteiger partial charge < -0.3 is 4.57 Å². The first-order valence-corrected chi connectivity index (χ1v) is 13.0. The van der Waals surface area contributed by atoms with Gasteiger partial charge in [0, 0.05) is 40.0 Å². The minimum Gasteiger partial charge on any atom is -0.309 e. The topological polar surface area (TPSA) is 43.6 Å². The van der Waals surface area contributed by atoms with E-state index in [0.717, 1.165) is 39.2 Å². The molecule has 0 unspecified atom stereocenters. The quantitative estimate of drug-likeness (QED) is 0.245. The maximum Gasteiger partial charge on any atom is 0.0988 e. The van der Waals surface area contributed by atoms with Crippen molar-refractivity contribution in [1.82, 2.24) is 19.5 Å². The van der Waals surface area contributed by atoms with Gasteiger partial charge in [-0.15, -0.1) is 0 Å². The number of pyridine rings is 1. The summed E-state index contributed by atoms with van der Waals surface area (Å²) in [4.78, 5) is 14.4. The van der Waals surface area contributed by atoms with Crippen molar-refractivity contribution in [1.29, 1.82) is 0 Å². The van der Waals surface area contributed by atoms with Crippen LogP contribution in [0.1, 0.15) is 0 Å². The third kappa shape index (κ3) is 3.50. The van der Waals surface area contributed by atoms with Crippen LogP contribution in [0.3, 0.4) is 0 Å². The van der Waals surface area contributed by atoms with E-state index in [-0.39, 0.29) is 0 Å². The second kappa shape index (κ2) is 8.61. The zero-order valence-electron chi connectivity index (χ0n) is 21.0. The number of hydrogen-bond donors (Lipinski definition) is 0. The Kier molecular flexibility index (Phi) is 4.79. The summed E-state index contributed by atoms with van der Waals surface area (Å²) < 4.78 is 2.36. The molecular weight excluding hydrogens is 476 g/mol. The van der Waals surface area contributed by atoms with Crippen LogP contribution in [0.5, 0.6) is 0 Å². The summed E-state index contributed by atoms with van der Waals surface area (Å²) in [6.45, 7) is 0. The van der Waals surface area contributed by atoms with E-state index in [4.69, 9.17) is 9.97 Å². The fourth-order valence-electron chi connectivity index (χ4n) is 5.61. The highest BCUT2D eigenvalue weighted by atomic mass is 15.0. The van der Waals surface area contributed by atoms with E-state index in [1.165, 1.54) is 32.6 Å². The predicted octanol–water partition coefficient (Wildman–Crippen LogP) is 8.61. The Morgan fingerprint density at radius 1 is 0.487 bits per heavy atom. The molecule has 182 valence electrons. The van der Waals surface area contributed by atoms with Crippen molar-refractivity contribution in [3.8, 4) is 28.2 Å². The van der Waals surface area contributed by atoms with Crippen molar-refractivity contribution in [3.05, 3.63) is 134 Å². The van der Waals surface area contributed by atoms with Crippen LogP contribution in [0, 0.1) is 0 Å². The van der Waals surface area contributed by atoms with Gasteiger partial charge in [0.2, 0.25) is 0 Å². The highest BCUT2D eigenvalue weighted by Crippen LogP contribution is 2.36. The van der Waals surface area contributed by atoms with Crippen LogP contribution in [0.2, 0.25) is 0 Å². The van der Waals surface area contributed by atoms with Crippen molar-refractivity contribution < 1.29 is 0 Å². The lowest BCUT2D eigenvalue weighted by Crippen LogP contribution is -1.97. The van der Waals surface area contributed by atoms with Gasteiger partial charge in [-0.05, 0) is 65.4 Å². The van der Waals surface area contributed by atoms with Gasteiger partial charge in [-0.1, -0.05) is 66.7 Å². The summed E-state index contributed by atoms with van der Waals surface area (Å²) in [5.41, 5.74) is 8.89. The number of aromatic nitrogens is 4. The molecule has 0 saturated carbocycles. The Labute approximate surface area is 224 Å². The molecule has 4 nitrogen and oxygen atoms in total. The third-order valence-corrected chi connectivity index (χ3v) is 7.44. The lowest BCUT2D eigenvalue weighted by Gasteiger charge is -2.12. The zero-order valence-corrected chi connectivity index (χ0v) is 21.0. The molecule has 39 heavy (non-hydrogen) atoms. The van der Waals surface area contributed by atoms with E-state index in [0.29, 0.717) is 0 Å². The summed E-state index contributed by atoms with van der Waals surface area (Å²) in [5.74, 6) is 0. The molecule has 5 aromatic carbocycles. The van der Waals surface area contributed by atoms with Gasteiger partial charge >= 0.3 is 0 Å². The predicted molar refractivity (Wildman–Crippen MR) is 160 cm³/mol. The van der Waals surface area contributed by atoms with Gasteiger partial charge in [0.25, 0.3) is 0 Å². The van der Waals surface area contributed by atoms with Crippen LogP contribution in [-0.4, -0.2) is 19.5 Å². The molecule has 0 aliphatic carbocycles. The number of nitrogens with zero attached hydrogens (tertiary/aromatic N) is 4. The van der Waals surface area contributed by atoms with Crippen LogP contribution in [0.4, 0.5) is 0 Å². The number of hydrogen-bond acceptors (Lipinski definition) is 3. The van der Waals surface area contributed by atoms with E-state index in [2.05, 4.69) is 94.5 Å². The third-order valence-electron chi connectivity index (χ3n) is 7.44. The zero-order chi connectivity index (χ0) is 25.8. The monoisotopic (exact) mass is 498 g/mol. The van der Waals surface area contributed by atoms with Crippen molar-refractivity contribution in [3.63, 3.8) is 0 Å². The molecule has 0 radical (unpaired) electrons. The van der Waals surface area contributed by atoms with Crippen molar-refractivity contribution in [2.24, 2.45) is 0 Å². The molecule has 3 aromatic heterocycles. The molecule has 0 fully saturated rings. The fraction of sp³-hybridized carbons (Fsp3) is 0. The van der Waals surface area contributed by atoms with E-state index in [9.17, 15) is 0 Å². The first-order chi connectivity index (χ1) is 19.3. The average Bonchev–Trinajstić information content (AvgIpc) is 3.33. The van der Waals surface area contributed by atoms with Crippen molar-refractivity contribution >= 4 is 43.6 Å². The highest BCUT2D eigenvalue weighted by Gasteiger charge is 2.16. The van der Waals surface area contributed by atoms with Crippen LogP contribution in [0.25, 0.3) is 71.8 Å². The van der Waals surface area contributed by atoms with Crippen molar-refractivity contribution in [2.75, 3.05) is 0 Å². The molecule has 0 spiro atoms. The average molecular weight is 499 g/mol. The molecule has 8 aromatic rings. The Morgan fingerprint density at radius 2 is 1.15 bits per heavy atom. The summed E-state index contributed by atoms with van der Waals surface area (Å²) >= 11 is 0. The van der Waals surface area contributed by atoms with Gasteiger partial charge in [0.1, 0.15) is 0 Å². The summed E-state index contributed by atoms with van der Waals surface area (Å²) in [6.07, 6.45) is 3.63. The normalized spacial score (nSPS) is 11.6. The lowest BCUT2D eigenvalue weighted by atomic mass is 10.0. The molecule has 0 saturated heterocycles. The largest absolute Gasteiger partial charge is 0.309 e. The van der Waals surface area contributed by atoms with Gasteiger partial charge in [-0.25, -0.2) is 9.97 Å². The Hall–Kier alpha value is -5.35. The SMILES string of the molecule is c1cncc(-c2nc3ccccc3nc2-c2ccc(-n3c4ccccc4c4cc5ccccc5cc43)cc2)c1. The van der Waals surface area contributed by atoms with Crippen LogP contribution < -0.4 is 0 Å². The summed E-state index contributed by atoms with van der Waals surface area (Å²) in [6, 6.07) is 42.4. The fourth-order valence-corrected chi connectivity index (χ4v) is 5.61. The number of benzene rings is 5. The second-order valence-electron chi connectivity index (χ2n) is 9.77. The summed E-state index contributed by atoms with van der Waals surface area (Å²) in [5, 5.41) is 4.99. The molecule has 0 aliphatic rings. The van der Waals surface area contributed by atoms with Crippen LogP contribution in [0.15, 0.2) is 134 Å². The van der Waals surface area contributed by atoms with Crippen molar-refractivity contribution in [2.45, 2.75) is 0 Å². The van der Waals surface area contributed by atoms with Crippen LogP contribution in [-0.2, 0) is 0 Å². The Morgan fingerprint density at radius 3 is 1.90 bits per heavy atom. The summed E-state index contributed by atoms with van der Waals surface area (Å²) in [7, 11) is 0. The number of rotatable bonds is 3. The van der Waals surface area contributed by atoms with E-state index < -0.39 is 0 Å². The van der Waals surface area contributed by atoms with Gasteiger partial charge in [-0.2, -0.15) is 0 Å². The standard InChI is InChI=1S/C35H22N4/c1-2-9-25-21-33-29(20-24(25)8-1)28-11-3-6-14-32(28)39(33)27-17-15-23(16-18-27)34-35(26-10-7-19-36-22-26)38-31-13-5-4-12-30(31)37-34/h1-22H. The van der Waals surface area contributed by atoms with E-state index in [1.807, 2.05) is 42.6 Å². The van der Waals surface area contributed by atoms with Gasteiger partial charge in [0.05, 0.1) is 33.5 Å². The Bertz CT molecular complexity index is 2160. The lowest BCUT2D eigenvalue weighted by molar-refractivity contribution is 1.18. The highest BCUT2D eigenvalue weighted by molar-refractivity contribution is 6.13. The van der Waals surface area contributed by atoms with Crippen LogP contribution >= 0.6 is 0 Å². The second-order valence-corrected chi connectivity index (χ2v) is 9.77.